The molecule has 0 saturated heterocycles. The Morgan fingerprint density at radius 2 is 1.78 bits per heavy atom. The van der Waals surface area contributed by atoms with Crippen LogP contribution in [-0.4, -0.2) is 30.4 Å². The number of amides is 1. The number of rotatable bonds is 4. The number of nitrogen functional groups attached to an aromatic ring is 1. The molecule has 9 nitrogen and oxygen atoms in total. The molecule has 0 spiro atoms. The van der Waals surface area contributed by atoms with Crippen LogP contribution < -0.4 is 15.8 Å². The van der Waals surface area contributed by atoms with Gasteiger partial charge in [0.05, 0.1) is 10.9 Å². The molecule has 37 heavy (non-hydrogen) atoms. The monoisotopic (exact) mass is 489 g/mol. The van der Waals surface area contributed by atoms with E-state index in [0.717, 1.165) is 49.2 Å². The van der Waals surface area contributed by atoms with Crippen LogP contribution in [0, 0.1) is 6.92 Å². The van der Waals surface area contributed by atoms with E-state index in [1.54, 1.807) is 13.1 Å². The van der Waals surface area contributed by atoms with Crippen LogP contribution in [0.3, 0.4) is 0 Å². The summed E-state index contributed by atoms with van der Waals surface area (Å²) in [5.74, 6) is 0.757. The Hall–Kier alpha value is -5.05. The number of carbonyl (C=O) groups is 1. The second kappa shape index (κ2) is 8.27. The minimum absolute atomic E-state index is 0.238. The lowest BCUT2D eigenvalue weighted by atomic mass is 9.96. The second-order valence-electron chi connectivity index (χ2n) is 9.03. The van der Waals surface area contributed by atoms with E-state index in [9.17, 15) is 4.79 Å². The Morgan fingerprint density at radius 1 is 1.00 bits per heavy atom. The zero-order valence-electron chi connectivity index (χ0n) is 20.5. The van der Waals surface area contributed by atoms with Gasteiger partial charge in [0, 0.05) is 41.0 Å². The molecule has 3 aromatic carbocycles. The first-order valence-corrected chi connectivity index (χ1v) is 11.6. The SMILES string of the molecule is C=C(C)C(=O)Nc1ccc2c(c1)c1cc(Oc3nccc(C)n3)ccc1c1c3c(N)ncnc3n(C)c21. The van der Waals surface area contributed by atoms with Crippen molar-refractivity contribution in [2.24, 2.45) is 7.05 Å². The van der Waals surface area contributed by atoms with Gasteiger partial charge in [-0.1, -0.05) is 12.6 Å². The molecule has 9 heteroatoms. The molecule has 6 aromatic rings. The number of hydrogen-bond donors (Lipinski definition) is 2. The van der Waals surface area contributed by atoms with Crippen molar-refractivity contribution in [3.8, 4) is 11.8 Å². The van der Waals surface area contributed by atoms with Crippen LogP contribution in [0.2, 0.25) is 0 Å². The standard InChI is InChI=1S/C28H23N7O2/c1-14(2)27(36)34-16-5-7-19-20(11-16)21-12-17(37-28-30-10-9-15(3)33-28)6-8-18(21)22-23-25(29)31-13-32-26(23)35(4)24(19)22/h5-13H,1H2,2-4H3,(H,34,36)(H2,29,31,32). The number of nitrogens with one attached hydrogen (secondary N) is 1. The van der Waals surface area contributed by atoms with E-state index in [1.807, 2.05) is 61.0 Å². The number of fused-ring (bicyclic) bond motifs is 8. The maximum Gasteiger partial charge on any atom is 0.322 e. The fourth-order valence-corrected chi connectivity index (χ4v) is 4.75. The van der Waals surface area contributed by atoms with Crippen molar-refractivity contribution in [1.82, 2.24) is 24.5 Å². The van der Waals surface area contributed by atoms with Gasteiger partial charge in [0.2, 0.25) is 0 Å². The molecule has 0 atom stereocenters. The summed E-state index contributed by atoms with van der Waals surface area (Å²) in [6, 6.07) is 13.7. The minimum Gasteiger partial charge on any atom is -0.424 e. The summed E-state index contributed by atoms with van der Waals surface area (Å²) in [5, 5.41) is 8.43. The van der Waals surface area contributed by atoms with Gasteiger partial charge in [-0.3, -0.25) is 4.79 Å². The average molecular weight is 490 g/mol. The molecule has 0 unspecified atom stereocenters. The van der Waals surface area contributed by atoms with Crippen LogP contribution in [0.1, 0.15) is 12.6 Å². The Kier molecular flexibility index (Phi) is 5.01. The van der Waals surface area contributed by atoms with E-state index in [-0.39, 0.29) is 11.9 Å². The van der Waals surface area contributed by atoms with E-state index in [0.29, 0.717) is 22.8 Å². The lowest BCUT2D eigenvalue weighted by Crippen LogP contribution is -2.11. The van der Waals surface area contributed by atoms with Crippen LogP contribution in [0.4, 0.5) is 11.5 Å². The molecular formula is C28H23N7O2. The first-order valence-electron chi connectivity index (χ1n) is 11.6. The third kappa shape index (κ3) is 3.59. The highest BCUT2D eigenvalue weighted by Crippen LogP contribution is 2.43. The highest BCUT2D eigenvalue weighted by Gasteiger charge is 2.20. The van der Waals surface area contributed by atoms with Crippen molar-refractivity contribution in [2.45, 2.75) is 13.8 Å². The Balaban J connectivity index is 1.69. The highest BCUT2D eigenvalue weighted by molar-refractivity contribution is 6.33. The minimum atomic E-state index is -0.238. The summed E-state index contributed by atoms with van der Waals surface area (Å²) in [6.07, 6.45) is 3.13. The highest BCUT2D eigenvalue weighted by atomic mass is 16.5. The molecule has 0 aliphatic rings. The predicted molar refractivity (Wildman–Crippen MR) is 146 cm³/mol. The largest absolute Gasteiger partial charge is 0.424 e. The molecule has 0 aliphatic carbocycles. The van der Waals surface area contributed by atoms with E-state index in [4.69, 9.17) is 10.5 Å². The number of aromatic nitrogens is 5. The molecule has 3 aromatic heterocycles. The third-order valence-electron chi connectivity index (χ3n) is 6.45. The topological polar surface area (TPSA) is 121 Å². The fraction of sp³-hybridized carbons (Fsp3) is 0.107. The molecule has 182 valence electrons. The zero-order chi connectivity index (χ0) is 25.8. The second-order valence-corrected chi connectivity index (χ2v) is 9.03. The van der Waals surface area contributed by atoms with Gasteiger partial charge < -0.3 is 20.4 Å². The Labute approximate surface area is 211 Å². The number of nitrogens with two attached hydrogens (primary N) is 1. The smallest absolute Gasteiger partial charge is 0.322 e. The van der Waals surface area contributed by atoms with Gasteiger partial charge in [0.25, 0.3) is 5.91 Å². The number of aryl methyl sites for hydroxylation is 2. The van der Waals surface area contributed by atoms with Crippen molar-refractivity contribution in [3.05, 3.63) is 72.8 Å². The molecule has 0 fully saturated rings. The normalized spacial score (nSPS) is 11.4. The summed E-state index contributed by atoms with van der Waals surface area (Å²) >= 11 is 0. The predicted octanol–water partition coefficient (Wildman–Crippen LogP) is 5.42. The van der Waals surface area contributed by atoms with E-state index in [1.165, 1.54) is 6.33 Å². The fourth-order valence-electron chi connectivity index (χ4n) is 4.75. The summed E-state index contributed by atoms with van der Waals surface area (Å²) in [7, 11) is 1.96. The summed E-state index contributed by atoms with van der Waals surface area (Å²) < 4.78 is 8.04. The zero-order valence-corrected chi connectivity index (χ0v) is 20.5. The van der Waals surface area contributed by atoms with Crippen LogP contribution in [-0.2, 0) is 11.8 Å². The van der Waals surface area contributed by atoms with Crippen molar-refractivity contribution >= 4 is 60.9 Å². The van der Waals surface area contributed by atoms with Crippen LogP contribution in [0.25, 0.3) is 43.5 Å². The van der Waals surface area contributed by atoms with Crippen LogP contribution in [0.15, 0.2) is 67.1 Å². The molecule has 1 amide bonds. The number of ether oxygens (including phenoxy) is 1. The summed E-state index contributed by atoms with van der Waals surface area (Å²) in [4.78, 5) is 29.7. The van der Waals surface area contributed by atoms with Crippen LogP contribution >= 0.6 is 0 Å². The van der Waals surface area contributed by atoms with Crippen molar-refractivity contribution in [3.63, 3.8) is 0 Å². The van der Waals surface area contributed by atoms with Gasteiger partial charge in [0.1, 0.15) is 23.5 Å². The molecule has 3 N–H and O–H groups in total. The van der Waals surface area contributed by atoms with E-state index >= 15 is 0 Å². The first-order chi connectivity index (χ1) is 17.8. The molecule has 6 rings (SSSR count). The van der Waals surface area contributed by atoms with Crippen molar-refractivity contribution in [2.75, 3.05) is 11.1 Å². The number of carbonyl (C=O) groups excluding carboxylic acids is 1. The molecule has 0 bridgehead atoms. The number of nitrogens with zero attached hydrogens (tertiary/aromatic N) is 5. The number of hydrogen-bond acceptors (Lipinski definition) is 7. The van der Waals surface area contributed by atoms with E-state index in [2.05, 4.69) is 31.8 Å². The number of benzene rings is 3. The maximum atomic E-state index is 12.3. The Morgan fingerprint density at radius 3 is 2.57 bits per heavy atom. The first kappa shape index (κ1) is 22.4. The lowest BCUT2D eigenvalue weighted by molar-refractivity contribution is -0.112. The van der Waals surface area contributed by atoms with Gasteiger partial charge >= 0.3 is 6.01 Å². The third-order valence-corrected chi connectivity index (χ3v) is 6.45. The average Bonchev–Trinajstić information content (AvgIpc) is 3.18. The molecule has 0 radical (unpaired) electrons. The van der Waals surface area contributed by atoms with Crippen LogP contribution in [0.5, 0.6) is 11.8 Å². The molecule has 0 aliphatic heterocycles. The maximum absolute atomic E-state index is 12.3. The van der Waals surface area contributed by atoms with Gasteiger partial charge in [-0.25, -0.2) is 19.9 Å². The van der Waals surface area contributed by atoms with Gasteiger partial charge in [-0.05, 0) is 66.4 Å². The molecular weight excluding hydrogens is 466 g/mol. The number of anilines is 2. The molecule has 3 heterocycles. The van der Waals surface area contributed by atoms with Gasteiger partial charge in [0.15, 0.2) is 0 Å². The van der Waals surface area contributed by atoms with Crippen molar-refractivity contribution in [1.29, 1.82) is 0 Å². The Bertz CT molecular complexity index is 1920. The van der Waals surface area contributed by atoms with Gasteiger partial charge in [-0.2, -0.15) is 0 Å². The quantitative estimate of drug-likeness (QED) is 0.251. The molecule has 0 saturated carbocycles. The van der Waals surface area contributed by atoms with Gasteiger partial charge in [-0.15, -0.1) is 0 Å². The summed E-state index contributed by atoms with van der Waals surface area (Å²) in [5.41, 5.74) is 9.97. The summed E-state index contributed by atoms with van der Waals surface area (Å²) in [6.45, 7) is 7.29. The van der Waals surface area contributed by atoms with E-state index < -0.39 is 0 Å². The lowest BCUT2D eigenvalue weighted by Gasteiger charge is -2.13. The van der Waals surface area contributed by atoms with Crippen molar-refractivity contribution < 1.29 is 9.53 Å².